The second kappa shape index (κ2) is 4.20. The van der Waals surface area contributed by atoms with Crippen molar-refractivity contribution in [1.29, 1.82) is 0 Å². The van der Waals surface area contributed by atoms with Crippen LogP contribution in [0.4, 0.5) is 5.69 Å². The van der Waals surface area contributed by atoms with Crippen molar-refractivity contribution in [1.82, 2.24) is 4.90 Å². The molecule has 1 aliphatic heterocycles. The first-order valence-corrected chi connectivity index (χ1v) is 5.40. The zero-order valence-electron chi connectivity index (χ0n) is 8.17. The van der Waals surface area contributed by atoms with Crippen LogP contribution in [0.5, 0.6) is 0 Å². The zero-order chi connectivity index (χ0) is 9.97. The second-order valence-corrected chi connectivity index (χ2v) is 4.26. The Balaban J connectivity index is 2.10. The molecule has 3 heteroatoms. The quantitative estimate of drug-likeness (QED) is 0.761. The number of likely N-dealkylation sites (tertiary alicyclic amines) is 1. The predicted molar refractivity (Wildman–Crippen MR) is 60.4 cm³/mol. The lowest BCUT2D eigenvalue weighted by atomic mass is 10.2. The highest BCUT2D eigenvalue weighted by molar-refractivity contribution is 6.30. The number of halogens is 1. The van der Waals surface area contributed by atoms with E-state index in [0.29, 0.717) is 0 Å². The van der Waals surface area contributed by atoms with Crippen LogP contribution in [0.1, 0.15) is 18.4 Å². The van der Waals surface area contributed by atoms with Crippen molar-refractivity contribution < 1.29 is 0 Å². The number of nitrogens with zero attached hydrogens (tertiary/aromatic N) is 1. The summed E-state index contributed by atoms with van der Waals surface area (Å²) < 4.78 is 0. The van der Waals surface area contributed by atoms with Crippen LogP contribution in [0.25, 0.3) is 0 Å². The largest absolute Gasteiger partial charge is 0.398 e. The number of nitrogens with two attached hydrogens (primary N) is 1. The SMILES string of the molecule is Nc1ccc(Cl)cc1CN1CCCC1. The highest BCUT2D eigenvalue weighted by Gasteiger charge is 2.12. The van der Waals surface area contributed by atoms with Crippen molar-refractivity contribution in [3.63, 3.8) is 0 Å². The molecule has 76 valence electrons. The van der Waals surface area contributed by atoms with Gasteiger partial charge in [-0.05, 0) is 49.7 Å². The first kappa shape index (κ1) is 9.81. The maximum Gasteiger partial charge on any atom is 0.0410 e. The Morgan fingerprint density at radius 1 is 1.29 bits per heavy atom. The highest BCUT2D eigenvalue weighted by Crippen LogP contribution is 2.21. The van der Waals surface area contributed by atoms with Gasteiger partial charge in [0, 0.05) is 17.3 Å². The summed E-state index contributed by atoms with van der Waals surface area (Å²) in [7, 11) is 0. The van der Waals surface area contributed by atoms with Gasteiger partial charge >= 0.3 is 0 Å². The highest BCUT2D eigenvalue weighted by atomic mass is 35.5. The van der Waals surface area contributed by atoms with Crippen LogP contribution in [-0.4, -0.2) is 18.0 Å². The fraction of sp³-hybridized carbons (Fsp3) is 0.455. The van der Waals surface area contributed by atoms with Gasteiger partial charge in [0.2, 0.25) is 0 Å². The summed E-state index contributed by atoms with van der Waals surface area (Å²) in [5.41, 5.74) is 7.88. The van der Waals surface area contributed by atoms with E-state index in [1.807, 2.05) is 18.2 Å². The molecule has 0 aliphatic carbocycles. The van der Waals surface area contributed by atoms with Crippen LogP contribution < -0.4 is 5.73 Å². The average molecular weight is 211 g/mol. The van der Waals surface area contributed by atoms with Gasteiger partial charge in [0.05, 0.1) is 0 Å². The Bertz CT molecular complexity index is 319. The van der Waals surface area contributed by atoms with Crippen molar-refractivity contribution in [2.75, 3.05) is 18.8 Å². The molecule has 0 aromatic heterocycles. The molecular formula is C11H15ClN2. The number of nitrogen functional groups attached to an aromatic ring is 1. The van der Waals surface area contributed by atoms with E-state index in [2.05, 4.69) is 4.90 Å². The fourth-order valence-corrected chi connectivity index (χ4v) is 2.09. The van der Waals surface area contributed by atoms with Gasteiger partial charge in [0.25, 0.3) is 0 Å². The molecule has 2 N–H and O–H groups in total. The maximum atomic E-state index is 5.93. The van der Waals surface area contributed by atoms with Gasteiger partial charge in [-0.3, -0.25) is 4.90 Å². The van der Waals surface area contributed by atoms with Crippen LogP contribution in [0.2, 0.25) is 5.02 Å². The van der Waals surface area contributed by atoms with Crippen molar-refractivity contribution >= 4 is 17.3 Å². The molecule has 1 heterocycles. The molecule has 1 aliphatic rings. The molecule has 2 rings (SSSR count). The summed E-state index contributed by atoms with van der Waals surface area (Å²) in [4.78, 5) is 2.42. The Morgan fingerprint density at radius 3 is 2.71 bits per heavy atom. The first-order chi connectivity index (χ1) is 6.75. The topological polar surface area (TPSA) is 29.3 Å². The molecule has 0 saturated carbocycles. The van der Waals surface area contributed by atoms with Gasteiger partial charge in [0.1, 0.15) is 0 Å². The van der Waals surface area contributed by atoms with Crippen LogP contribution in [-0.2, 0) is 6.54 Å². The lowest BCUT2D eigenvalue weighted by Gasteiger charge is -2.16. The van der Waals surface area contributed by atoms with E-state index in [9.17, 15) is 0 Å². The summed E-state index contributed by atoms with van der Waals surface area (Å²) in [6.45, 7) is 3.31. The molecule has 1 aromatic rings. The van der Waals surface area contributed by atoms with Crippen molar-refractivity contribution in [2.24, 2.45) is 0 Å². The number of hydrogen-bond donors (Lipinski definition) is 1. The van der Waals surface area contributed by atoms with Crippen LogP contribution >= 0.6 is 11.6 Å². The molecule has 0 radical (unpaired) electrons. The summed E-state index contributed by atoms with van der Waals surface area (Å²) >= 11 is 5.93. The average Bonchev–Trinajstić information content (AvgIpc) is 2.64. The van der Waals surface area contributed by atoms with E-state index >= 15 is 0 Å². The number of anilines is 1. The number of rotatable bonds is 2. The van der Waals surface area contributed by atoms with Gasteiger partial charge in [-0.25, -0.2) is 0 Å². The van der Waals surface area contributed by atoms with Crippen LogP contribution in [0, 0.1) is 0 Å². The van der Waals surface area contributed by atoms with E-state index in [4.69, 9.17) is 17.3 Å². The Morgan fingerprint density at radius 2 is 2.00 bits per heavy atom. The molecule has 0 unspecified atom stereocenters. The van der Waals surface area contributed by atoms with Gasteiger partial charge in [-0.1, -0.05) is 11.6 Å². The second-order valence-electron chi connectivity index (χ2n) is 3.83. The normalized spacial score (nSPS) is 17.5. The summed E-state index contributed by atoms with van der Waals surface area (Å²) in [5.74, 6) is 0. The third kappa shape index (κ3) is 2.20. The molecule has 1 saturated heterocycles. The summed E-state index contributed by atoms with van der Waals surface area (Å²) in [5, 5.41) is 0.772. The maximum absolute atomic E-state index is 5.93. The molecule has 1 fully saturated rings. The third-order valence-corrected chi connectivity index (χ3v) is 2.93. The molecule has 0 atom stereocenters. The zero-order valence-corrected chi connectivity index (χ0v) is 8.93. The smallest absolute Gasteiger partial charge is 0.0410 e. The molecule has 0 bridgehead atoms. The lowest BCUT2D eigenvalue weighted by Crippen LogP contribution is -2.19. The summed E-state index contributed by atoms with van der Waals surface area (Å²) in [6, 6.07) is 5.69. The monoisotopic (exact) mass is 210 g/mol. The molecule has 14 heavy (non-hydrogen) atoms. The summed E-state index contributed by atoms with van der Waals surface area (Å²) in [6.07, 6.45) is 2.61. The minimum absolute atomic E-state index is 0.772. The minimum atomic E-state index is 0.772. The van der Waals surface area contributed by atoms with Gasteiger partial charge in [-0.2, -0.15) is 0 Å². The Labute approximate surface area is 89.7 Å². The van der Waals surface area contributed by atoms with E-state index in [0.717, 1.165) is 22.8 Å². The number of hydrogen-bond acceptors (Lipinski definition) is 2. The van der Waals surface area contributed by atoms with E-state index in [1.165, 1.54) is 25.9 Å². The van der Waals surface area contributed by atoms with Gasteiger partial charge in [-0.15, -0.1) is 0 Å². The van der Waals surface area contributed by atoms with Gasteiger partial charge < -0.3 is 5.73 Å². The lowest BCUT2D eigenvalue weighted by molar-refractivity contribution is 0.332. The van der Waals surface area contributed by atoms with Crippen molar-refractivity contribution in [2.45, 2.75) is 19.4 Å². The van der Waals surface area contributed by atoms with E-state index < -0.39 is 0 Å². The van der Waals surface area contributed by atoms with E-state index in [-0.39, 0.29) is 0 Å². The molecular weight excluding hydrogens is 196 g/mol. The predicted octanol–water partition coefficient (Wildman–Crippen LogP) is 2.52. The minimum Gasteiger partial charge on any atom is -0.398 e. The van der Waals surface area contributed by atoms with E-state index in [1.54, 1.807) is 0 Å². The Hall–Kier alpha value is -0.730. The van der Waals surface area contributed by atoms with Gasteiger partial charge in [0.15, 0.2) is 0 Å². The standard InChI is InChI=1S/C11H15ClN2/c12-10-3-4-11(13)9(7-10)8-14-5-1-2-6-14/h3-4,7H,1-2,5-6,8,13H2. The molecule has 1 aromatic carbocycles. The molecule has 0 spiro atoms. The molecule has 0 amide bonds. The molecule has 2 nitrogen and oxygen atoms in total. The third-order valence-electron chi connectivity index (χ3n) is 2.70. The van der Waals surface area contributed by atoms with Crippen molar-refractivity contribution in [3.8, 4) is 0 Å². The first-order valence-electron chi connectivity index (χ1n) is 5.02. The van der Waals surface area contributed by atoms with Crippen molar-refractivity contribution in [3.05, 3.63) is 28.8 Å². The fourth-order valence-electron chi connectivity index (χ4n) is 1.89. The number of benzene rings is 1. The van der Waals surface area contributed by atoms with Crippen LogP contribution in [0.3, 0.4) is 0 Å². The van der Waals surface area contributed by atoms with Crippen LogP contribution in [0.15, 0.2) is 18.2 Å². The Kier molecular flexibility index (Phi) is 2.94.